The van der Waals surface area contributed by atoms with Crippen molar-refractivity contribution in [2.45, 2.75) is 75.8 Å². The van der Waals surface area contributed by atoms with E-state index in [4.69, 9.17) is 9.84 Å². The molecular formula is C28H34N2O5. The van der Waals surface area contributed by atoms with Crippen LogP contribution < -0.4 is 10.6 Å². The fourth-order valence-electron chi connectivity index (χ4n) is 5.53. The number of carbonyl (C=O) groups is 3. The van der Waals surface area contributed by atoms with Crippen LogP contribution in [0.25, 0.3) is 11.1 Å². The molecule has 0 heterocycles. The quantitative estimate of drug-likeness (QED) is 0.471. The summed E-state index contributed by atoms with van der Waals surface area (Å²) in [6, 6.07) is 15.9. The van der Waals surface area contributed by atoms with Crippen molar-refractivity contribution in [1.82, 2.24) is 10.6 Å². The Labute approximate surface area is 206 Å². The van der Waals surface area contributed by atoms with E-state index in [2.05, 4.69) is 34.9 Å². The van der Waals surface area contributed by atoms with Gasteiger partial charge < -0.3 is 20.5 Å². The molecule has 7 heteroatoms. The Kier molecular flexibility index (Phi) is 7.73. The van der Waals surface area contributed by atoms with Crippen molar-refractivity contribution >= 4 is 18.0 Å². The number of amides is 2. The Hall–Kier alpha value is -3.35. The second-order valence-electron chi connectivity index (χ2n) is 9.86. The van der Waals surface area contributed by atoms with Crippen molar-refractivity contribution in [3.05, 3.63) is 59.7 Å². The molecule has 1 fully saturated rings. The Bertz CT molecular complexity index is 1030. The van der Waals surface area contributed by atoms with Crippen LogP contribution in [0.4, 0.5) is 4.79 Å². The third-order valence-corrected chi connectivity index (χ3v) is 7.23. The number of alkyl carbamates (subject to hydrolysis) is 1. The van der Waals surface area contributed by atoms with Crippen LogP contribution in [0.3, 0.4) is 0 Å². The lowest BCUT2D eigenvalue weighted by atomic mass is 9.78. The molecule has 0 aliphatic heterocycles. The molecule has 0 unspecified atom stereocenters. The molecule has 2 aromatic carbocycles. The Morgan fingerprint density at radius 2 is 1.60 bits per heavy atom. The standard InChI is InChI=1S/C28H34N2O5/c1-19(17-25(31)30-28(16-13-26(32)33)14-7-2-8-15-28)29-27(34)35-18-24-22-11-5-3-9-20(22)21-10-4-6-12-23(21)24/h3-6,9-12,19,24H,2,7-8,13-18H2,1H3,(H,29,34)(H,30,31)(H,32,33)/t19-/m0/s1. The molecule has 35 heavy (non-hydrogen) atoms. The topological polar surface area (TPSA) is 105 Å². The van der Waals surface area contributed by atoms with E-state index in [9.17, 15) is 14.4 Å². The Morgan fingerprint density at radius 3 is 2.20 bits per heavy atom. The number of carbonyl (C=O) groups excluding carboxylic acids is 2. The lowest BCUT2D eigenvalue weighted by Gasteiger charge is -2.38. The fraction of sp³-hybridized carbons (Fsp3) is 0.464. The molecule has 2 amide bonds. The van der Waals surface area contributed by atoms with Gasteiger partial charge in [0.25, 0.3) is 0 Å². The van der Waals surface area contributed by atoms with Gasteiger partial charge in [-0.1, -0.05) is 67.8 Å². The first-order chi connectivity index (χ1) is 16.9. The number of nitrogens with one attached hydrogen (secondary N) is 2. The van der Waals surface area contributed by atoms with Gasteiger partial charge in [0.2, 0.25) is 5.91 Å². The van der Waals surface area contributed by atoms with E-state index in [0.29, 0.717) is 6.42 Å². The number of carboxylic acid groups (broad SMARTS) is 1. The smallest absolute Gasteiger partial charge is 0.407 e. The van der Waals surface area contributed by atoms with Gasteiger partial charge in [-0.2, -0.15) is 0 Å². The van der Waals surface area contributed by atoms with E-state index in [1.54, 1.807) is 6.92 Å². The third kappa shape index (κ3) is 6.02. The number of rotatable bonds is 9. The lowest BCUT2D eigenvalue weighted by Crippen LogP contribution is -2.51. The van der Waals surface area contributed by atoms with Crippen LogP contribution in [0, 0.1) is 0 Å². The first-order valence-corrected chi connectivity index (χ1v) is 12.5. The summed E-state index contributed by atoms with van der Waals surface area (Å²) in [6.07, 6.45) is 4.67. The van der Waals surface area contributed by atoms with E-state index in [0.717, 1.165) is 43.2 Å². The second-order valence-corrected chi connectivity index (χ2v) is 9.86. The number of fused-ring (bicyclic) bond motifs is 3. The normalized spacial score (nSPS) is 17.1. The largest absolute Gasteiger partial charge is 0.481 e. The molecule has 1 atom stereocenters. The SMILES string of the molecule is C[C@@H](CC(=O)NC1(CCC(=O)O)CCCCC1)NC(=O)OCC1c2ccccc2-c2ccccc21. The molecule has 2 aromatic rings. The van der Waals surface area contributed by atoms with Crippen LogP contribution in [0.15, 0.2) is 48.5 Å². The van der Waals surface area contributed by atoms with Gasteiger partial charge in [-0.3, -0.25) is 9.59 Å². The number of benzene rings is 2. The zero-order valence-corrected chi connectivity index (χ0v) is 20.2. The van der Waals surface area contributed by atoms with E-state index < -0.39 is 23.6 Å². The van der Waals surface area contributed by atoms with Crippen LogP contribution in [0.2, 0.25) is 0 Å². The summed E-state index contributed by atoms with van der Waals surface area (Å²) >= 11 is 0. The monoisotopic (exact) mass is 478 g/mol. The lowest BCUT2D eigenvalue weighted by molar-refractivity contribution is -0.138. The first kappa shape index (κ1) is 24.8. The maximum atomic E-state index is 12.7. The molecule has 186 valence electrons. The summed E-state index contributed by atoms with van der Waals surface area (Å²) in [6.45, 7) is 1.99. The highest BCUT2D eigenvalue weighted by molar-refractivity contribution is 5.80. The van der Waals surface area contributed by atoms with Gasteiger partial charge in [-0.15, -0.1) is 0 Å². The molecule has 0 radical (unpaired) electrons. The molecule has 0 saturated heterocycles. The summed E-state index contributed by atoms with van der Waals surface area (Å²) in [5, 5.41) is 15.0. The molecule has 0 bridgehead atoms. The molecule has 0 aromatic heterocycles. The van der Waals surface area contributed by atoms with Crippen molar-refractivity contribution in [2.75, 3.05) is 6.61 Å². The average molecular weight is 479 g/mol. The van der Waals surface area contributed by atoms with Gasteiger partial charge in [0, 0.05) is 30.3 Å². The molecule has 1 saturated carbocycles. The summed E-state index contributed by atoms with van der Waals surface area (Å²) in [5.74, 6) is -1.05. The number of carboxylic acids is 1. The molecular weight excluding hydrogens is 444 g/mol. The predicted octanol–water partition coefficient (Wildman–Crippen LogP) is 4.99. The molecule has 2 aliphatic rings. The van der Waals surface area contributed by atoms with Crippen molar-refractivity contribution in [3.63, 3.8) is 0 Å². The second kappa shape index (κ2) is 10.9. The van der Waals surface area contributed by atoms with Gasteiger partial charge in [0.1, 0.15) is 6.61 Å². The van der Waals surface area contributed by atoms with Crippen LogP contribution in [0.5, 0.6) is 0 Å². The minimum Gasteiger partial charge on any atom is -0.481 e. The summed E-state index contributed by atoms with van der Waals surface area (Å²) in [7, 11) is 0. The maximum absolute atomic E-state index is 12.7. The summed E-state index contributed by atoms with van der Waals surface area (Å²) in [4.78, 5) is 36.3. The minimum absolute atomic E-state index is 0.0212. The fourth-order valence-corrected chi connectivity index (χ4v) is 5.53. The number of aliphatic carboxylic acids is 1. The Balaban J connectivity index is 1.29. The van der Waals surface area contributed by atoms with E-state index in [1.165, 1.54) is 11.1 Å². The van der Waals surface area contributed by atoms with Crippen molar-refractivity contribution in [3.8, 4) is 11.1 Å². The van der Waals surface area contributed by atoms with Crippen molar-refractivity contribution < 1.29 is 24.2 Å². The number of hydrogen-bond donors (Lipinski definition) is 3. The summed E-state index contributed by atoms with van der Waals surface area (Å²) in [5.41, 5.74) is 4.17. The van der Waals surface area contributed by atoms with E-state index in [1.807, 2.05) is 24.3 Å². The van der Waals surface area contributed by atoms with Gasteiger partial charge in [0.15, 0.2) is 0 Å². The van der Waals surface area contributed by atoms with Gasteiger partial charge in [-0.25, -0.2) is 4.79 Å². The summed E-state index contributed by atoms with van der Waals surface area (Å²) < 4.78 is 5.58. The number of ether oxygens (including phenoxy) is 1. The van der Waals surface area contributed by atoms with Crippen molar-refractivity contribution in [1.29, 1.82) is 0 Å². The molecule has 0 spiro atoms. The maximum Gasteiger partial charge on any atom is 0.407 e. The highest BCUT2D eigenvalue weighted by Gasteiger charge is 2.34. The van der Waals surface area contributed by atoms with E-state index in [-0.39, 0.29) is 31.3 Å². The predicted molar refractivity (Wildman–Crippen MR) is 133 cm³/mol. The minimum atomic E-state index is -0.852. The van der Waals surface area contributed by atoms with Crippen LogP contribution in [-0.4, -0.2) is 41.3 Å². The zero-order valence-electron chi connectivity index (χ0n) is 20.2. The zero-order chi connectivity index (χ0) is 24.8. The van der Waals surface area contributed by atoms with Crippen LogP contribution in [-0.2, 0) is 14.3 Å². The molecule has 2 aliphatic carbocycles. The molecule has 7 nitrogen and oxygen atoms in total. The average Bonchev–Trinajstić information content (AvgIpc) is 3.15. The van der Waals surface area contributed by atoms with Crippen LogP contribution in [0.1, 0.15) is 75.3 Å². The third-order valence-electron chi connectivity index (χ3n) is 7.23. The van der Waals surface area contributed by atoms with Crippen molar-refractivity contribution in [2.24, 2.45) is 0 Å². The number of hydrogen-bond acceptors (Lipinski definition) is 4. The molecule has 3 N–H and O–H groups in total. The van der Waals surface area contributed by atoms with Gasteiger partial charge in [0.05, 0.1) is 0 Å². The van der Waals surface area contributed by atoms with Gasteiger partial charge in [-0.05, 0) is 48.4 Å². The van der Waals surface area contributed by atoms with E-state index >= 15 is 0 Å². The highest BCUT2D eigenvalue weighted by Crippen LogP contribution is 2.44. The first-order valence-electron chi connectivity index (χ1n) is 12.5. The van der Waals surface area contributed by atoms with Crippen LogP contribution >= 0.6 is 0 Å². The van der Waals surface area contributed by atoms with Gasteiger partial charge >= 0.3 is 12.1 Å². The molecule has 4 rings (SSSR count). The Morgan fingerprint density at radius 1 is 1.00 bits per heavy atom. The highest BCUT2D eigenvalue weighted by atomic mass is 16.5.